The highest BCUT2D eigenvalue weighted by Gasteiger charge is 2.21. The first kappa shape index (κ1) is 15.7. The van der Waals surface area contributed by atoms with Gasteiger partial charge in [-0.15, -0.1) is 22.7 Å². The molecule has 2 aromatic rings. The maximum absolute atomic E-state index is 12.1. The van der Waals surface area contributed by atoms with Gasteiger partial charge in [0.15, 0.2) is 0 Å². The van der Waals surface area contributed by atoms with Crippen LogP contribution in [0.1, 0.15) is 31.5 Å². The van der Waals surface area contributed by atoms with E-state index < -0.39 is 5.97 Å². The average molecular weight is 324 g/mol. The molecule has 0 aliphatic carbocycles. The summed E-state index contributed by atoms with van der Waals surface area (Å²) >= 11 is 2.89. The minimum atomic E-state index is -0.434. The van der Waals surface area contributed by atoms with Crippen LogP contribution in [0.2, 0.25) is 0 Å². The third-order valence-electron chi connectivity index (χ3n) is 3.04. The second-order valence-electron chi connectivity index (χ2n) is 4.56. The summed E-state index contributed by atoms with van der Waals surface area (Å²) in [7, 11) is 1.33. The fourth-order valence-electron chi connectivity index (χ4n) is 1.89. The van der Waals surface area contributed by atoms with Gasteiger partial charge in [0.1, 0.15) is 5.00 Å². The van der Waals surface area contributed by atoms with Gasteiger partial charge in [-0.2, -0.15) is 0 Å². The minimum Gasteiger partial charge on any atom is -0.465 e. The standard InChI is InChI=1S/C14H16N2O3S2/c1-7-8(2)21-13(12(7)14(18)19-4)16-11(17)5-10-6-20-9(3)15-10/h6H,5H2,1-4H3,(H,16,17). The molecule has 1 amide bonds. The number of nitrogens with zero attached hydrogens (tertiary/aromatic N) is 1. The van der Waals surface area contributed by atoms with Crippen LogP contribution in [0.5, 0.6) is 0 Å². The molecule has 0 atom stereocenters. The lowest BCUT2D eigenvalue weighted by Crippen LogP contribution is -2.16. The SMILES string of the molecule is COC(=O)c1c(NC(=O)Cc2csc(C)n2)sc(C)c1C. The smallest absolute Gasteiger partial charge is 0.341 e. The quantitative estimate of drug-likeness (QED) is 0.878. The van der Waals surface area contributed by atoms with Crippen LogP contribution in [0.25, 0.3) is 0 Å². The number of ether oxygens (including phenoxy) is 1. The van der Waals surface area contributed by atoms with Crippen molar-refractivity contribution in [2.45, 2.75) is 27.2 Å². The largest absolute Gasteiger partial charge is 0.465 e. The van der Waals surface area contributed by atoms with Gasteiger partial charge in [0.2, 0.25) is 5.91 Å². The average Bonchev–Trinajstić information content (AvgIpc) is 2.94. The molecule has 112 valence electrons. The first-order valence-corrected chi connectivity index (χ1v) is 8.01. The van der Waals surface area contributed by atoms with E-state index in [9.17, 15) is 9.59 Å². The number of nitrogens with one attached hydrogen (secondary N) is 1. The second kappa shape index (κ2) is 6.36. The number of hydrogen-bond acceptors (Lipinski definition) is 6. The van der Waals surface area contributed by atoms with E-state index in [1.165, 1.54) is 29.8 Å². The summed E-state index contributed by atoms with van der Waals surface area (Å²) in [6, 6.07) is 0. The van der Waals surface area contributed by atoms with Crippen LogP contribution in [0.15, 0.2) is 5.38 Å². The van der Waals surface area contributed by atoms with Gasteiger partial charge < -0.3 is 10.1 Å². The van der Waals surface area contributed by atoms with Crippen molar-refractivity contribution in [2.75, 3.05) is 12.4 Å². The zero-order valence-corrected chi connectivity index (χ0v) is 13.9. The predicted molar refractivity (Wildman–Crippen MR) is 84.3 cm³/mol. The third kappa shape index (κ3) is 3.48. The summed E-state index contributed by atoms with van der Waals surface area (Å²) in [6.07, 6.45) is 0.195. The molecular weight excluding hydrogens is 308 g/mol. The number of thiophene rings is 1. The maximum Gasteiger partial charge on any atom is 0.341 e. The molecule has 5 nitrogen and oxygen atoms in total. The number of thiazole rings is 1. The Labute approximate surface area is 131 Å². The van der Waals surface area contributed by atoms with Crippen LogP contribution in [0, 0.1) is 20.8 Å². The summed E-state index contributed by atoms with van der Waals surface area (Å²) in [5.74, 6) is -0.622. The second-order valence-corrected chi connectivity index (χ2v) is 6.85. The number of methoxy groups -OCH3 is 1. The van der Waals surface area contributed by atoms with E-state index in [1.807, 2.05) is 26.2 Å². The van der Waals surface area contributed by atoms with Crippen LogP contribution in [0.4, 0.5) is 5.00 Å². The summed E-state index contributed by atoms with van der Waals surface area (Å²) in [5, 5.41) is 6.11. The molecule has 0 bridgehead atoms. The molecule has 0 aliphatic heterocycles. The number of hydrogen-bond donors (Lipinski definition) is 1. The number of amides is 1. The molecule has 1 N–H and O–H groups in total. The lowest BCUT2D eigenvalue weighted by molar-refractivity contribution is -0.115. The number of aromatic nitrogens is 1. The van der Waals surface area contributed by atoms with E-state index in [1.54, 1.807) is 0 Å². The lowest BCUT2D eigenvalue weighted by Gasteiger charge is -2.05. The molecule has 7 heteroatoms. The molecule has 2 aromatic heterocycles. The number of esters is 1. The highest BCUT2D eigenvalue weighted by Crippen LogP contribution is 2.33. The number of anilines is 1. The zero-order valence-electron chi connectivity index (χ0n) is 12.3. The van der Waals surface area contributed by atoms with Crippen molar-refractivity contribution in [3.63, 3.8) is 0 Å². The van der Waals surface area contributed by atoms with E-state index in [4.69, 9.17) is 4.74 Å². The van der Waals surface area contributed by atoms with E-state index >= 15 is 0 Å². The van der Waals surface area contributed by atoms with Crippen LogP contribution in [0.3, 0.4) is 0 Å². The third-order valence-corrected chi connectivity index (χ3v) is 4.98. The van der Waals surface area contributed by atoms with Crippen molar-refractivity contribution in [2.24, 2.45) is 0 Å². The molecule has 21 heavy (non-hydrogen) atoms. The van der Waals surface area contributed by atoms with Crippen molar-refractivity contribution in [3.05, 3.63) is 32.1 Å². The highest BCUT2D eigenvalue weighted by molar-refractivity contribution is 7.16. The molecular formula is C14H16N2O3S2. The van der Waals surface area contributed by atoms with Gasteiger partial charge in [-0.3, -0.25) is 4.79 Å². The normalized spacial score (nSPS) is 10.5. The van der Waals surface area contributed by atoms with Crippen molar-refractivity contribution >= 4 is 39.6 Å². The summed E-state index contributed by atoms with van der Waals surface area (Å²) in [4.78, 5) is 29.2. The predicted octanol–water partition coefficient (Wildman–Crippen LogP) is 3.10. The molecule has 0 saturated heterocycles. The lowest BCUT2D eigenvalue weighted by atomic mass is 10.1. The fourth-order valence-corrected chi connectivity index (χ4v) is 3.56. The molecule has 2 rings (SSSR count). The molecule has 0 aliphatic rings. The Balaban J connectivity index is 2.17. The molecule has 0 aromatic carbocycles. The Kier molecular flexibility index (Phi) is 4.74. The number of carbonyl (C=O) groups is 2. The maximum atomic E-state index is 12.1. The van der Waals surface area contributed by atoms with Crippen LogP contribution in [-0.4, -0.2) is 24.0 Å². The van der Waals surface area contributed by atoms with E-state index in [-0.39, 0.29) is 12.3 Å². The Morgan fingerprint density at radius 3 is 2.62 bits per heavy atom. The number of rotatable bonds is 4. The summed E-state index contributed by atoms with van der Waals surface area (Å²) in [5.41, 5.74) is 2.01. The fraction of sp³-hybridized carbons (Fsp3) is 0.357. The van der Waals surface area contributed by atoms with Gasteiger partial charge >= 0.3 is 5.97 Å². The van der Waals surface area contributed by atoms with Gasteiger partial charge in [0.25, 0.3) is 0 Å². The van der Waals surface area contributed by atoms with Gasteiger partial charge in [-0.05, 0) is 26.3 Å². The monoisotopic (exact) mass is 324 g/mol. The van der Waals surface area contributed by atoms with Crippen molar-refractivity contribution in [3.8, 4) is 0 Å². The molecule has 2 heterocycles. The van der Waals surface area contributed by atoms with E-state index in [0.717, 1.165) is 21.1 Å². The first-order valence-electron chi connectivity index (χ1n) is 6.31. The van der Waals surface area contributed by atoms with Gasteiger partial charge in [0.05, 0.1) is 29.8 Å². The molecule has 0 unspecified atom stereocenters. The van der Waals surface area contributed by atoms with Gasteiger partial charge in [-0.1, -0.05) is 0 Å². The van der Waals surface area contributed by atoms with Crippen molar-refractivity contribution < 1.29 is 14.3 Å². The molecule has 0 radical (unpaired) electrons. The van der Waals surface area contributed by atoms with Crippen LogP contribution >= 0.6 is 22.7 Å². The van der Waals surface area contributed by atoms with Crippen molar-refractivity contribution in [1.29, 1.82) is 0 Å². The summed E-state index contributed by atoms with van der Waals surface area (Å²) in [6.45, 7) is 5.65. The topological polar surface area (TPSA) is 68.3 Å². The number of aryl methyl sites for hydroxylation is 2. The van der Waals surface area contributed by atoms with Crippen molar-refractivity contribution in [1.82, 2.24) is 4.98 Å². The van der Waals surface area contributed by atoms with Crippen LogP contribution < -0.4 is 5.32 Å². The van der Waals surface area contributed by atoms with E-state index in [2.05, 4.69) is 10.3 Å². The number of carbonyl (C=O) groups excluding carboxylic acids is 2. The first-order chi connectivity index (χ1) is 9.92. The molecule has 0 fully saturated rings. The summed E-state index contributed by atoms with van der Waals surface area (Å²) < 4.78 is 4.78. The minimum absolute atomic E-state index is 0.188. The zero-order chi connectivity index (χ0) is 15.6. The Morgan fingerprint density at radius 2 is 2.05 bits per heavy atom. The Hall–Kier alpha value is -1.73. The Bertz CT molecular complexity index is 688. The van der Waals surface area contributed by atoms with Gasteiger partial charge in [0, 0.05) is 10.3 Å². The highest BCUT2D eigenvalue weighted by atomic mass is 32.1. The molecule has 0 spiro atoms. The van der Waals surface area contributed by atoms with Gasteiger partial charge in [-0.25, -0.2) is 9.78 Å². The van der Waals surface area contributed by atoms with Crippen LogP contribution in [-0.2, 0) is 16.0 Å². The Morgan fingerprint density at radius 1 is 1.33 bits per heavy atom. The van der Waals surface area contributed by atoms with E-state index in [0.29, 0.717) is 10.6 Å². The molecule has 0 saturated carbocycles.